The minimum Gasteiger partial charge on any atom is -0.321 e. The van der Waals surface area contributed by atoms with Crippen molar-refractivity contribution >= 4 is 17.4 Å². The zero-order valence-electron chi connectivity index (χ0n) is 7.76. The largest absolute Gasteiger partial charge is 0.321 e. The predicted molar refractivity (Wildman–Crippen MR) is 60.5 cm³/mol. The lowest BCUT2D eigenvalue weighted by Crippen LogP contribution is -2.30. The standard InChI is InChI=1S/C10H11ClFNO.CH4/c1-6(14)10(13)5-7-2-3-8(11)9(12)4-7;/h2-4,10H,5,13H2,1H3;1H4. The first-order chi connectivity index (χ1) is 6.50. The van der Waals surface area contributed by atoms with E-state index in [0.717, 1.165) is 0 Å². The third kappa shape index (κ3) is 3.98. The van der Waals surface area contributed by atoms with Crippen LogP contribution in [0.15, 0.2) is 18.2 Å². The number of nitrogens with two attached hydrogens (primary N) is 1. The van der Waals surface area contributed by atoms with Crippen LogP contribution in [0.4, 0.5) is 4.39 Å². The summed E-state index contributed by atoms with van der Waals surface area (Å²) in [4.78, 5) is 10.9. The van der Waals surface area contributed by atoms with Crippen molar-refractivity contribution in [3.63, 3.8) is 0 Å². The van der Waals surface area contributed by atoms with E-state index in [1.54, 1.807) is 6.07 Å². The molecular formula is C11H15ClFNO. The van der Waals surface area contributed by atoms with Gasteiger partial charge in [0, 0.05) is 0 Å². The van der Waals surface area contributed by atoms with Gasteiger partial charge in [0.15, 0.2) is 0 Å². The Kier molecular flexibility index (Phi) is 5.47. The summed E-state index contributed by atoms with van der Waals surface area (Å²) in [5.41, 5.74) is 6.21. The lowest BCUT2D eigenvalue weighted by molar-refractivity contribution is -0.118. The van der Waals surface area contributed by atoms with Gasteiger partial charge in [0.2, 0.25) is 0 Å². The average Bonchev–Trinajstić information content (AvgIpc) is 2.11. The molecule has 1 aromatic carbocycles. The molecule has 4 heteroatoms. The molecule has 1 aromatic rings. The van der Waals surface area contributed by atoms with Crippen molar-refractivity contribution in [2.45, 2.75) is 26.8 Å². The van der Waals surface area contributed by atoms with Crippen LogP contribution < -0.4 is 5.73 Å². The first-order valence-corrected chi connectivity index (χ1v) is 4.58. The van der Waals surface area contributed by atoms with Crippen molar-refractivity contribution in [1.82, 2.24) is 0 Å². The molecule has 15 heavy (non-hydrogen) atoms. The molecule has 0 bridgehead atoms. The van der Waals surface area contributed by atoms with Crippen LogP contribution in [0.25, 0.3) is 0 Å². The van der Waals surface area contributed by atoms with E-state index >= 15 is 0 Å². The van der Waals surface area contributed by atoms with Crippen molar-refractivity contribution in [2.24, 2.45) is 5.73 Å². The Hall–Kier alpha value is -0.930. The van der Waals surface area contributed by atoms with Crippen LogP contribution in [0, 0.1) is 5.82 Å². The van der Waals surface area contributed by atoms with Gasteiger partial charge in [-0.25, -0.2) is 4.39 Å². The fourth-order valence-electron chi connectivity index (χ4n) is 1.06. The lowest BCUT2D eigenvalue weighted by Gasteiger charge is -2.07. The molecule has 1 rings (SSSR count). The van der Waals surface area contributed by atoms with Crippen LogP contribution in [0.2, 0.25) is 5.02 Å². The molecule has 1 atom stereocenters. The minimum atomic E-state index is -0.574. The normalized spacial score (nSPS) is 11.7. The SMILES string of the molecule is C.CC(=O)C(N)Cc1ccc(Cl)c(F)c1. The van der Waals surface area contributed by atoms with Gasteiger partial charge in [-0.1, -0.05) is 25.1 Å². The number of Topliss-reactive ketones (excluding diaryl/α,β-unsaturated/α-hetero) is 1. The average molecular weight is 232 g/mol. The zero-order valence-corrected chi connectivity index (χ0v) is 8.51. The van der Waals surface area contributed by atoms with E-state index in [9.17, 15) is 9.18 Å². The van der Waals surface area contributed by atoms with Gasteiger partial charge in [0.25, 0.3) is 0 Å². The van der Waals surface area contributed by atoms with Crippen LogP contribution in [-0.2, 0) is 11.2 Å². The quantitative estimate of drug-likeness (QED) is 0.869. The van der Waals surface area contributed by atoms with E-state index in [1.165, 1.54) is 19.1 Å². The molecule has 0 saturated carbocycles. The van der Waals surface area contributed by atoms with Crippen LogP contribution >= 0.6 is 11.6 Å². The number of benzene rings is 1. The van der Waals surface area contributed by atoms with E-state index in [1.807, 2.05) is 0 Å². The molecular weight excluding hydrogens is 217 g/mol. The zero-order chi connectivity index (χ0) is 10.7. The highest BCUT2D eigenvalue weighted by molar-refractivity contribution is 6.30. The van der Waals surface area contributed by atoms with Crippen molar-refractivity contribution in [3.05, 3.63) is 34.6 Å². The van der Waals surface area contributed by atoms with E-state index in [0.29, 0.717) is 12.0 Å². The minimum absolute atomic E-state index is 0. The number of halogens is 2. The van der Waals surface area contributed by atoms with Gasteiger partial charge in [0.05, 0.1) is 11.1 Å². The molecule has 2 N–H and O–H groups in total. The van der Waals surface area contributed by atoms with Crippen LogP contribution in [0.5, 0.6) is 0 Å². The van der Waals surface area contributed by atoms with Crippen LogP contribution in [0.1, 0.15) is 19.9 Å². The molecule has 0 aliphatic carbocycles. The molecule has 2 nitrogen and oxygen atoms in total. The number of carbonyl (C=O) groups excluding carboxylic acids is 1. The molecule has 1 unspecified atom stereocenters. The Balaban J connectivity index is 0.00000196. The molecule has 0 saturated heterocycles. The molecule has 84 valence electrons. The van der Waals surface area contributed by atoms with Gasteiger partial charge in [0.1, 0.15) is 11.6 Å². The molecule has 0 aliphatic rings. The Morgan fingerprint density at radius 2 is 2.20 bits per heavy atom. The first-order valence-electron chi connectivity index (χ1n) is 4.20. The summed E-state index contributed by atoms with van der Waals surface area (Å²) in [6.07, 6.45) is 0.337. The molecule has 0 spiro atoms. The molecule has 0 radical (unpaired) electrons. The highest BCUT2D eigenvalue weighted by Crippen LogP contribution is 2.16. The molecule has 0 fully saturated rings. The topological polar surface area (TPSA) is 43.1 Å². The van der Waals surface area contributed by atoms with E-state index in [-0.39, 0.29) is 18.2 Å². The van der Waals surface area contributed by atoms with Crippen LogP contribution in [0.3, 0.4) is 0 Å². The maximum absolute atomic E-state index is 13.0. The molecule has 0 aromatic heterocycles. The second kappa shape index (κ2) is 5.83. The highest BCUT2D eigenvalue weighted by atomic mass is 35.5. The molecule has 0 aliphatic heterocycles. The maximum Gasteiger partial charge on any atom is 0.146 e. The predicted octanol–water partition coefficient (Wildman–Crippen LogP) is 2.57. The number of hydrogen-bond acceptors (Lipinski definition) is 2. The molecule has 0 amide bonds. The fraction of sp³-hybridized carbons (Fsp3) is 0.364. The summed E-state index contributed by atoms with van der Waals surface area (Å²) in [5.74, 6) is -0.597. The highest BCUT2D eigenvalue weighted by Gasteiger charge is 2.10. The number of ketones is 1. The van der Waals surface area contributed by atoms with E-state index in [4.69, 9.17) is 17.3 Å². The third-order valence-electron chi connectivity index (χ3n) is 1.96. The Morgan fingerprint density at radius 1 is 1.60 bits per heavy atom. The van der Waals surface area contributed by atoms with Gasteiger partial charge in [-0.15, -0.1) is 0 Å². The summed E-state index contributed by atoms with van der Waals surface area (Å²) in [6, 6.07) is 3.84. The Labute approximate surface area is 94.2 Å². The molecule has 0 heterocycles. The van der Waals surface area contributed by atoms with Gasteiger partial charge in [-0.3, -0.25) is 4.79 Å². The second-order valence-electron chi connectivity index (χ2n) is 3.17. The van der Waals surface area contributed by atoms with Gasteiger partial charge in [-0.05, 0) is 31.0 Å². The second-order valence-corrected chi connectivity index (χ2v) is 3.58. The first kappa shape index (κ1) is 14.1. The van der Waals surface area contributed by atoms with Gasteiger partial charge < -0.3 is 5.73 Å². The van der Waals surface area contributed by atoms with Crippen molar-refractivity contribution in [3.8, 4) is 0 Å². The van der Waals surface area contributed by atoms with Crippen LogP contribution in [-0.4, -0.2) is 11.8 Å². The third-order valence-corrected chi connectivity index (χ3v) is 2.27. The maximum atomic E-state index is 13.0. The lowest BCUT2D eigenvalue weighted by atomic mass is 10.0. The van der Waals surface area contributed by atoms with Crippen molar-refractivity contribution < 1.29 is 9.18 Å². The summed E-state index contributed by atoms with van der Waals surface area (Å²) in [6.45, 7) is 1.41. The van der Waals surface area contributed by atoms with Crippen molar-refractivity contribution in [2.75, 3.05) is 0 Å². The monoisotopic (exact) mass is 231 g/mol. The fourth-order valence-corrected chi connectivity index (χ4v) is 1.18. The van der Waals surface area contributed by atoms with Gasteiger partial charge >= 0.3 is 0 Å². The van der Waals surface area contributed by atoms with E-state index < -0.39 is 11.9 Å². The van der Waals surface area contributed by atoms with Gasteiger partial charge in [-0.2, -0.15) is 0 Å². The summed E-state index contributed by atoms with van der Waals surface area (Å²) < 4.78 is 13.0. The Morgan fingerprint density at radius 3 is 2.67 bits per heavy atom. The number of carbonyl (C=O) groups is 1. The number of hydrogen-bond donors (Lipinski definition) is 1. The smallest absolute Gasteiger partial charge is 0.146 e. The summed E-state index contributed by atoms with van der Waals surface area (Å²) >= 11 is 5.51. The van der Waals surface area contributed by atoms with E-state index in [2.05, 4.69) is 0 Å². The van der Waals surface area contributed by atoms with Crippen molar-refractivity contribution in [1.29, 1.82) is 0 Å². The number of rotatable bonds is 3. The summed E-state index contributed by atoms with van der Waals surface area (Å²) in [7, 11) is 0. The Bertz CT molecular complexity index is 354. The summed E-state index contributed by atoms with van der Waals surface area (Å²) in [5, 5.41) is 0.0742.